The summed E-state index contributed by atoms with van der Waals surface area (Å²) in [4.78, 5) is 6.95. The zero-order valence-electron chi connectivity index (χ0n) is 10.5. The summed E-state index contributed by atoms with van der Waals surface area (Å²) in [6.07, 6.45) is 1.26. The molecule has 2 bridgehead atoms. The van der Waals surface area contributed by atoms with Crippen molar-refractivity contribution in [1.82, 2.24) is 10.3 Å². The van der Waals surface area contributed by atoms with Gasteiger partial charge >= 0.3 is 0 Å². The molecule has 4 nitrogen and oxygen atoms in total. The average molecular weight is 250 g/mol. The van der Waals surface area contributed by atoms with Gasteiger partial charge in [0.05, 0.1) is 11.1 Å². The molecule has 3 aliphatic rings. The largest absolute Gasteiger partial charge is 0.352 e. The van der Waals surface area contributed by atoms with E-state index in [0.717, 1.165) is 29.8 Å². The van der Waals surface area contributed by atoms with E-state index in [-0.39, 0.29) is 0 Å². The number of nitrogens with one attached hydrogen (secondary N) is 1. The quantitative estimate of drug-likeness (QED) is 0.836. The van der Waals surface area contributed by atoms with E-state index < -0.39 is 0 Å². The van der Waals surface area contributed by atoms with Crippen LogP contribution in [0.4, 0.5) is 5.82 Å². The van der Waals surface area contributed by atoms with Crippen molar-refractivity contribution >= 4 is 16.7 Å². The van der Waals surface area contributed by atoms with Crippen LogP contribution in [-0.4, -0.2) is 30.2 Å². The number of fused-ring (bicyclic) bond motifs is 3. The molecular formula is C15H14N4. The second-order valence-corrected chi connectivity index (χ2v) is 5.37. The van der Waals surface area contributed by atoms with Gasteiger partial charge in [-0.05, 0) is 18.6 Å². The molecule has 0 radical (unpaired) electrons. The number of pyridine rings is 1. The summed E-state index contributed by atoms with van der Waals surface area (Å²) in [6, 6.07) is 13.3. The molecule has 3 aliphatic heterocycles. The Morgan fingerprint density at radius 1 is 1.26 bits per heavy atom. The molecule has 0 amide bonds. The Bertz CT molecular complexity index is 672. The number of nitriles is 1. The molecule has 4 heterocycles. The smallest absolute Gasteiger partial charge is 0.147 e. The van der Waals surface area contributed by atoms with Crippen molar-refractivity contribution in [3.8, 4) is 6.07 Å². The molecule has 4 heteroatoms. The highest BCUT2D eigenvalue weighted by Gasteiger charge is 2.37. The van der Waals surface area contributed by atoms with E-state index in [1.165, 1.54) is 6.42 Å². The van der Waals surface area contributed by atoms with Crippen LogP contribution in [0.3, 0.4) is 0 Å². The van der Waals surface area contributed by atoms with Gasteiger partial charge in [-0.1, -0.05) is 18.2 Å². The summed E-state index contributed by atoms with van der Waals surface area (Å²) >= 11 is 0. The number of piperazine rings is 1. The Hall–Kier alpha value is -2.12. The van der Waals surface area contributed by atoms with Gasteiger partial charge in [0.15, 0.2) is 0 Å². The zero-order valence-corrected chi connectivity index (χ0v) is 10.5. The number of hydrogen-bond acceptors (Lipinski definition) is 4. The van der Waals surface area contributed by atoms with Crippen molar-refractivity contribution in [3.63, 3.8) is 0 Å². The molecule has 0 spiro atoms. The molecule has 2 atom stereocenters. The Kier molecular flexibility index (Phi) is 2.23. The lowest BCUT2D eigenvalue weighted by Gasteiger charge is -2.48. The SMILES string of the molecule is N#Cc1cc2ccccc2nc1N1CC2CC(C1)N2. The fourth-order valence-electron chi connectivity index (χ4n) is 3.12. The summed E-state index contributed by atoms with van der Waals surface area (Å²) in [6.45, 7) is 1.91. The van der Waals surface area contributed by atoms with Crippen LogP contribution in [0.15, 0.2) is 30.3 Å². The first-order chi connectivity index (χ1) is 9.33. The third kappa shape index (κ3) is 1.66. The molecule has 5 rings (SSSR count). The first kappa shape index (κ1) is 10.8. The second kappa shape index (κ2) is 3.94. The molecule has 2 aromatic rings. The van der Waals surface area contributed by atoms with Gasteiger partial charge in [0, 0.05) is 30.6 Å². The molecule has 3 saturated heterocycles. The minimum atomic E-state index is 0.568. The van der Waals surface area contributed by atoms with Crippen molar-refractivity contribution in [3.05, 3.63) is 35.9 Å². The summed E-state index contributed by atoms with van der Waals surface area (Å²) in [7, 11) is 0. The fourth-order valence-corrected chi connectivity index (χ4v) is 3.12. The predicted octanol–water partition coefficient (Wildman–Crippen LogP) is 1.66. The van der Waals surface area contributed by atoms with E-state index in [4.69, 9.17) is 4.98 Å². The van der Waals surface area contributed by atoms with Gasteiger partial charge in [0.2, 0.25) is 0 Å². The van der Waals surface area contributed by atoms with E-state index >= 15 is 0 Å². The molecule has 1 aromatic heterocycles. The summed E-state index contributed by atoms with van der Waals surface area (Å²) in [5.74, 6) is 0.845. The number of anilines is 1. The standard InChI is InChI=1S/C15H14N4/c16-7-11-5-10-3-1-2-4-14(10)18-15(11)19-8-12-6-13(9-19)17-12/h1-5,12-13,17H,6,8-9H2. The molecule has 19 heavy (non-hydrogen) atoms. The highest BCUT2D eigenvalue weighted by Crippen LogP contribution is 2.29. The molecule has 1 aromatic carbocycles. The molecular weight excluding hydrogens is 236 g/mol. The molecule has 1 N–H and O–H groups in total. The molecule has 0 aliphatic carbocycles. The fraction of sp³-hybridized carbons (Fsp3) is 0.333. The first-order valence-electron chi connectivity index (χ1n) is 6.64. The normalized spacial score (nSPS) is 24.9. The monoisotopic (exact) mass is 250 g/mol. The second-order valence-electron chi connectivity index (χ2n) is 5.37. The molecule has 94 valence electrons. The van der Waals surface area contributed by atoms with Gasteiger partial charge in [-0.2, -0.15) is 5.26 Å². The highest BCUT2D eigenvalue weighted by molar-refractivity contribution is 5.83. The van der Waals surface area contributed by atoms with E-state index in [0.29, 0.717) is 17.6 Å². The highest BCUT2D eigenvalue weighted by atomic mass is 15.3. The Balaban J connectivity index is 1.81. The summed E-state index contributed by atoms with van der Waals surface area (Å²) < 4.78 is 0. The van der Waals surface area contributed by atoms with Crippen LogP contribution in [0.1, 0.15) is 12.0 Å². The van der Waals surface area contributed by atoms with Gasteiger partial charge in [0.1, 0.15) is 11.9 Å². The van der Waals surface area contributed by atoms with E-state index in [1.807, 2.05) is 30.3 Å². The van der Waals surface area contributed by atoms with Crippen molar-refractivity contribution < 1.29 is 0 Å². The molecule has 3 fully saturated rings. The maximum Gasteiger partial charge on any atom is 0.147 e. The summed E-state index contributed by atoms with van der Waals surface area (Å²) in [5, 5.41) is 13.9. The van der Waals surface area contributed by atoms with Gasteiger partial charge in [-0.3, -0.25) is 0 Å². The van der Waals surface area contributed by atoms with E-state index in [2.05, 4.69) is 16.3 Å². The molecule has 0 saturated carbocycles. The van der Waals surface area contributed by atoms with Gasteiger partial charge < -0.3 is 10.2 Å². The number of aromatic nitrogens is 1. The van der Waals surface area contributed by atoms with Crippen LogP contribution in [0.2, 0.25) is 0 Å². The zero-order chi connectivity index (χ0) is 12.8. The van der Waals surface area contributed by atoms with Crippen LogP contribution in [0.5, 0.6) is 0 Å². The summed E-state index contributed by atoms with van der Waals surface area (Å²) in [5.41, 5.74) is 1.64. The van der Waals surface area contributed by atoms with Crippen LogP contribution in [-0.2, 0) is 0 Å². The van der Waals surface area contributed by atoms with Crippen molar-refractivity contribution in [2.45, 2.75) is 18.5 Å². The van der Waals surface area contributed by atoms with E-state index in [9.17, 15) is 5.26 Å². The number of hydrogen-bond donors (Lipinski definition) is 1. The van der Waals surface area contributed by atoms with Crippen LogP contribution < -0.4 is 10.2 Å². The van der Waals surface area contributed by atoms with Crippen LogP contribution in [0, 0.1) is 11.3 Å². The number of nitrogens with zero attached hydrogens (tertiary/aromatic N) is 3. The number of piperidine rings is 1. The lowest BCUT2D eigenvalue weighted by Crippen LogP contribution is -2.67. The third-order valence-electron chi connectivity index (χ3n) is 4.05. The van der Waals surface area contributed by atoms with Gasteiger partial charge in [-0.25, -0.2) is 4.98 Å². The lowest BCUT2D eigenvalue weighted by molar-refractivity contribution is 0.225. The predicted molar refractivity (Wildman–Crippen MR) is 74.0 cm³/mol. The molecule has 2 unspecified atom stereocenters. The van der Waals surface area contributed by atoms with Crippen LogP contribution >= 0.6 is 0 Å². The average Bonchev–Trinajstić information content (AvgIpc) is 2.45. The van der Waals surface area contributed by atoms with Gasteiger partial charge in [-0.15, -0.1) is 0 Å². The van der Waals surface area contributed by atoms with Crippen molar-refractivity contribution in [2.24, 2.45) is 0 Å². The van der Waals surface area contributed by atoms with Crippen molar-refractivity contribution in [1.29, 1.82) is 5.26 Å². The first-order valence-corrected chi connectivity index (χ1v) is 6.64. The Morgan fingerprint density at radius 3 is 2.74 bits per heavy atom. The number of rotatable bonds is 1. The van der Waals surface area contributed by atoms with Gasteiger partial charge in [0.25, 0.3) is 0 Å². The van der Waals surface area contributed by atoms with Crippen LogP contribution in [0.25, 0.3) is 10.9 Å². The minimum absolute atomic E-state index is 0.568. The van der Waals surface area contributed by atoms with Crippen molar-refractivity contribution in [2.75, 3.05) is 18.0 Å². The lowest BCUT2D eigenvalue weighted by atomic mass is 9.91. The number of benzene rings is 1. The Morgan fingerprint density at radius 2 is 2.00 bits per heavy atom. The number of para-hydroxylation sites is 1. The maximum atomic E-state index is 9.35. The topological polar surface area (TPSA) is 52.0 Å². The Labute approximate surface area is 111 Å². The maximum absolute atomic E-state index is 9.35. The minimum Gasteiger partial charge on any atom is -0.352 e. The third-order valence-corrected chi connectivity index (χ3v) is 4.05. The van der Waals surface area contributed by atoms with E-state index in [1.54, 1.807) is 0 Å².